The van der Waals surface area contributed by atoms with E-state index in [1.807, 2.05) is 45.2 Å². The van der Waals surface area contributed by atoms with Crippen LogP contribution in [-0.4, -0.2) is 38.8 Å². The van der Waals surface area contributed by atoms with Crippen molar-refractivity contribution in [2.24, 2.45) is 0 Å². The lowest BCUT2D eigenvalue weighted by Crippen LogP contribution is -2.29. The number of rotatable bonds is 5. The highest BCUT2D eigenvalue weighted by Crippen LogP contribution is 2.32. The van der Waals surface area contributed by atoms with E-state index in [4.69, 9.17) is 10.7 Å². The first-order valence-corrected chi connectivity index (χ1v) is 9.30. The van der Waals surface area contributed by atoms with E-state index in [1.165, 1.54) is 0 Å². The summed E-state index contributed by atoms with van der Waals surface area (Å²) < 4.78 is 2.06. The molecule has 0 aliphatic heterocycles. The fourth-order valence-electron chi connectivity index (χ4n) is 3.11. The van der Waals surface area contributed by atoms with Crippen LogP contribution >= 0.6 is 0 Å². The molecule has 2 heterocycles. The number of fused-ring (bicyclic) bond motifs is 3. The van der Waals surface area contributed by atoms with Gasteiger partial charge in [0.05, 0.1) is 23.2 Å². The number of imidazole rings is 1. The average Bonchev–Trinajstić information content (AvgIpc) is 2.96. The standard InChI is InChI=1S/C18H25N5O.C2H6/c1-5-10-22(4)17-21-14-15(23(17)11-18(2,3)24)12-8-6-7-9-13(12)20-16(14)19;1-2/h6-9,24H,5,10-11H2,1-4H3,(H2,19,20);1-2H3. The van der Waals surface area contributed by atoms with E-state index in [2.05, 4.69) is 21.4 Å². The molecule has 0 fully saturated rings. The van der Waals surface area contributed by atoms with Crippen LogP contribution in [0.25, 0.3) is 21.9 Å². The predicted octanol–water partition coefficient (Wildman–Crippen LogP) is 3.81. The maximum Gasteiger partial charge on any atom is 0.206 e. The predicted molar refractivity (Wildman–Crippen MR) is 111 cm³/mol. The Labute approximate surface area is 155 Å². The highest BCUT2D eigenvalue weighted by Gasteiger charge is 2.23. The summed E-state index contributed by atoms with van der Waals surface area (Å²) in [6.07, 6.45) is 1.01. The maximum absolute atomic E-state index is 10.4. The van der Waals surface area contributed by atoms with Gasteiger partial charge in [-0.2, -0.15) is 0 Å². The Morgan fingerprint density at radius 3 is 2.46 bits per heavy atom. The lowest BCUT2D eigenvalue weighted by Gasteiger charge is -2.24. The van der Waals surface area contributed by atoms with Gasteiger partial charge in [0.1, 0.15) is 5.52 Å². The Morgan fingerprint density at radius 1 is 1.19 bits per heavy atom. The molecule has 142 valence electrons. The number of benzene rings is 1. The van der Waals surface area contributed by atoms with Crippen LogP contribution in [0, 0.1) is 0 Å². The third-order valence-electron chi connectivity index (χ3n) is 4.04. The van der Waals surface area contributed by atoms with Gasteiger partial charge in [0.15, 0.2) is 5.82 Å². The fraction of sp³-hybridized carbons (Fsp3) is 0.500. The van der Waals surface area contributed by atoms with E-state index in [0.717, 1.165) is 35.3 Å². The van der Waals surface area contributed by atoms with Crippen molar-refractivity contribution in [3.8, 4) is 0 Å². The summed E-state index contributed by atoms with van der Waals surface area (Å²) in [5.74, 6) is 1.23. The number of nitrogen functional groups attached to an aromatic ring is 1. The summed E-state index contributed by atoms with van der Waals surface area (Å²) >= 11 is 0. The summed E-state index contributed by atoms with van der Waals surface area (Å²) in [6.45, 7) is 11.0. The van der Waals surface area contributed by atoms with Crippen LogP contribution in [0.5, 0.6) is 0 Å². The lowest BCUT2D eigenvalue weighted by atomic mass is 10.1. The van der Waals surface area contributed by atoms with Crippen molar-refractivity contribution < 1.29 is 5.11 Å². The summed E-state index contributed by atoms with van der Waals surface area (Å²) in [6, 6.07) is 7.90. The second-order valence-corrected chi connectivity index (χ2v) is 6.94. The number of nitrogens with two attached hydrogens (primary N) is 1. The summed E-state index contributed by atoms with van der Waals surface area (Å²) in [4.78, 5) is 11.3. The fourth-order valence-corrected chi connectivity index (χ4v) is 3.11. The zero-order valence-electron chi connectivity index (χ0n) is 16.7. The van der Waals surface area contributed by atoms with Crippen molar-refractivity contribution in [2.45, 2.75) is 53.2 Å². The molecule has 0 aliphatic rings. The second-order valence-electron chi connectivity index (χ2n) is 6.94. The van der Waals surface area contributed by atoms with Crippen LogP contribution in [0.3, 0.4) is 0 Å². The van der Waals surface area contributed by atoms with Crippen molar-refractivity contribution in [3.05, 3.63) is 24.3 Å². The first-order valence-electron chi connectivity index (χ1n) is 9.30. The zero-order valence-corrected chi connectivity index (χ0v) is 16.7. The third-order valence-corrected chi connectivity index (χ3v) is 4.04. The van der Waals surface area contributed by atoms with E-state index in [0.29, 0.717) is 17.9 Å². The van der Waals surface area contributed by atoms with Gasteiger partial charge in [-0.25, -0.2) is 9.97 Å². The molecule has 2 aromatic heterocycles. The van der Waals surface area contributed by atoms with Crippen molar-refractivity contribution in [3.63, 3.8) is 0 Å². The van der Waals surface area contributed by atoms with E-state index in [1.54, 1.807) is 13.8 Å². The zero-order chi connectivity index (χ0) is 19.5. The van der Waals surface area contributed by atoms with Crippen molar-refractivity contribution in [1.29, 1.82) is 0 Å². The maximum atomic E-state index is 10.4. The Bertz CT molecular complexity index is 879. The minimum Gasteiger partial charge on any atom is -0.389 e. The van der Waals surface area contributed by atoms with Crippen molar-refractivity contribution in [2.75, 3.05) is 24.2 Å². The van der Waals surface area contributed by atoms with E-state index >= 15 is 0 Å². The quantitative estimate of drug-likeness (QED) is 0.726. The van der Waals surface area contributed by atoms with Crippen LogP contribution in [0.1, 0.15) is 41.0 Å². The van der Waals surface area contributed by atoms with Crippen LogP contribution < -0.4 is 10.6 Å². The van der Waals surface area contributed by atoms with Crippen LogP contribution in [-0.2, 0) is 6.54 Å². The summed E-state index contributed by atoms with van der Waals surface area (Å²) in [5.41, 5.74) is 7.76. The largest absolute Gasteiger partial charge is 0.389 e. The molecule has 26 heavy (non-hydrogen) atoms. The highest BCUT2D eigenvalue weighted by molar-refractivity contribution is 6.07. The minimum atomic E-state index is -0.866. The first-order chi connectivity index (χ1) is 12.3. The molecule has 0 saturated carbocycles. The van der Waals surface area contributed by atoms with Gasteiger partial charge in [0.25, 0.3) is 0 Å². The molecule has 0 aliphatic carbocycles. The Hall–Kier alpha value is -2.34. The molecular formula is C20H31N5O. The summed E-state index contributed by atoms with van der Waals surface area (Å²) in [5, 5.41) is 11.4. The molecule has 0 bridgehead atoms. The number of para-hydroxylation sites is 1. The van der Waals surface area contributed by atoms with Crippen LogP contribution in [0.4, 0.5) is 11.8 Å². The Balaban J connectivity index is 0.00000117. The van der Waals surface area contributed by atoms with Crippen LogP contribution in [0.15, 0.2) is 24.3 Å². The first kappa shape index (κ1) is 20.0. The topological polar surface area (TPSA) is 80.2 Å². The molecular weight excluding hydrogens is 326 g/mol. The van der Waals surface area contributed by atoms with Gasteiger partial charge in [0, 0.05) is 19.0 Å². The van der Waals surface area contributed by atoms with E-state index < -0.39 is 5.60 Å². The van der Waals surface area contributed by atoms with Gasteiger partial charge in [-0.3, -0.25) is 0 Å². The Morgan fingerprint density at radius 2 is 1.85 bits per heavy atom. The third kappa shape index (κ3) is 3.90. The molecule has 0 radical (unpaired) electrons. The van der Waals surface area contributed by atoms with Crippen molar-refractivity contribution in [1.82, 2.24) is 14.5 Å². The van der Waals surface area contributed by atoms with Gasteiger partial charge < -0.3 is 20.3 Å². The molecule has 3 N–H and O–H groups in total. The van der Waals surface area contributed by atoms with E-state index in [9.17, 15) is 5.11 Å². The number of nitrogens with zero attached hydrogens (tertiary/aromatic N) is 4. The highest BCUT2D eigenvalue weighted by atomic mass is 16.3. The number of aromatic nitrogens is 3. The molecule has 6 heteroatoms. The lowest BCUT2D eigenvalue weighted by molar-refractivity contribution is 0.0631. The SMILES string of the molecule is CC.CCCN(C)c1nc2c(N)nc3ccccc3c2n1CC(C)(C)O. The normalized spacial score (nSPS) is 11.5. The van der Waals surface area contributed by atoms with Gasteiger partial charge in [-0.15, -0.1) is 0 Å². The molecule has 3 rings (SSSR count). The molecule has 0 unspecified atom stereocenters. The number of anilines is 2. The van der Waals surface area contributed by atoms with Gasteiger partial charge in [0.2, 0.25) is 5.95 Å². The summed E-state index contributed by atoms with van der Waals surface area (Å²) in [7, 11) is 2.01. The van der Waals surface area contributed by atoms with E-state index in [-0.39, 0.29) is 0 Å². The molecule has 0 saturated heterocycles. The number of aliphatic hydroxyl groups is 1. The molecule has 0 atom stereocenters. The molecule has 3 aromatic rings. The average molecular weight is 358 g/mol. The molecule has 6 nitrogen and oxygen atoms in total. The minimum absolute atomic E-state index is 0.421. The molecule has 1 aromatic carbocycles. The monoisotopic (exact) mass is 357 g/mol. The number of hydrogen-bond donors (Lipinski definition) is 2. The molecule has 0 amide bonds. The van der Waals surface area contributed by atoms with Crippen molar-refractivity contribution >= 4 is 33.7 Å². The van der Waals surface area contributed by atoms with Gasteiger partial charge >= 0.3 is 0 Å². The van der Waals surface area contributed by atoms with Gasteiger partial charge in [-0.1, -0.05) is 39.0 Å². The number of hydrogen-bond acceptors (Lipinski definition) is 5. The van der Waals surface area contributed by atoms with Gasteiger partial charge in [-0.05, 0) is 26.3 Å². The number of pyridine rings is 1. The Kier molecular flexibility index (Phi) is 6.08. The van der Waals surface area contributed by atoms with Crippen LogP contribution in [0.2, 0.25) is 0 Å². The second kappa shape index (κ2) is 7.91. The molecule has 0 spiro atoms. The smallest absolute Gasteiger partial charge is 0.206 e.